The van der Waals surface area contributed by atoms with Gasteiger partial charge in [0.15, 0.2) is 11.3 Å². The molecule has 2 aromatic carbocycles. The summed E-state index contributed by atoms with van der Waals surface area (Å²) in [4.78, 5) is 60.0. The SMILES string of the molecule is C=Cc1cc(N(CCC(F)(F)F)C(=O)OC(C)(C)C)c2ncc(-c3ccc(C(=O)O)c(C)c3)n2c1.C=Cc1cc(N(CCC(F)(F)F)C(=O)OC(C)(C)C)c2ncc(-c3ccc(C(=O)OC)c(C)c3)n2c1. The largest absolute Gasteiger partial charge is 0.478 e. The van der Waals surface area contributed by atoms with Gasteiger partial charge >= 0.3 is 36.5 Å². The highest BCUT2D eigenvalue weighted by Crippen LogP contribution is 2.34. The van der Waals surface area contributed by atoms with E-state index in [1.54, 1.807) is 119 Å². The Labute approximate surface area is 405 Å². The molecule has 1 N–H and O–H groups in total. The van der Waals surface area contributed by atoms with Gasteiger partial charge in [0, 0.05) is 36.6 Å². The first-order chi connectivity index (χ1) is 32.9. The molecule has 0 aliphatic heterocycles. The summed E-state index contributed by atoms with van der Waals surface area (Å²) in [5.41, 5.74) is 4.31. The average molecular weight is 993 g/mol. The quantitative estimate of drug-likeness (QED) is 0.0711. The third-order valence-electron chi connectivity index (χ3n) is 10.4. The molecule has 378 valence electrons. The second-order valence-electron chi connectivity index (χ2n) is 18.3. The lowest BCUT2D eigenvalue weighted by Crippen LogP contribution is -2.39. The molecule has 0 atom stereocenters. The first kappa shape index (κ1) is 54.3. The van der Waals surface area contributed by atoms with Crippen molar-refractivity contribution in [1.29, 1.82) is 0 Å². The van der Waals surface area contributed by atoms with Crippen LogP contribution in [0.25, 0.3) is 46.0 Å². The van der Waals surface area contributed by atoms with E-state index in [-0.39, 0.29) is 28.2 Å². The van der Waals surface area contributed by atoms with Crippen molar-refractivity contribution in [1.82, 2.24) is 18.8 Å². The maximum absolute atomic E-state index is 13.1. The highest BCUT2D eigenvalue weighted by Gasteiger charge is 2.34. The van der Waals surface area contributed by atoms with Crippen molar-refractivity contribution in [3.05, 3.63) is 120 Å². The van der Waals surface area contributed by atoms with Crippen molar-refractivity contribution >= 4 is 58.9 Å². The van der Waals surface area contributed by atoms with Crippen molar-refractivity contribution in [2.24, 2.45) is 0 Å². The number of benzene rings is 2. The van der Waals surface area contributed by atoms with E-state index in [1.165, 1.54) is 37.6 Å². The zero-order valence-corrected chi connectivity index (χ0v) is 40.6. The third kappa shape index (κ3) is 13.8. The zero-order valence-electron chi connectivity index (χ0n) is 40.6. The molecule has 0 saturated carbocycles. The molecule has 0 radical (unpaired) electrons. The zero-order chi connectivity index (χ0) is 53.0. The van der Waals surface area contributed by atoms with Gasteiger partial charge in [0.25, 0.3) is 0 Å². The molecule has 20 heteroatoms. The Balaban J connectivity index is 0.000000264. The molecule has 0 bridgehead atoms. The van der Waals surface area contributed by atoms with E-state index in [2.05, 4.69) is 23.1 Å². The van der Waals surface area contributed by atoms with E-state index in [1.807, 2.05) is 0 Å². The standard InChI is InChI=1S/C26H28F3N3O4.C25H26F3N3O4/c1-7-17-13-20(31(11-10-26(27,28)29)24(34)36-25(3,4)5)22-30-14-21(32(22)15-17)18-8-9-19(16(2)12-18)23(33)35-6;1-6-16-12-19(30(10-9-25(26,27)28)23(34)35-24(3,4)5)21-29-13-20(31(21)14-16)17-7-8-18(22(32)33)15(2)11-17/h7-9,12-15H,1,10-11H2,2-6H3;6-8,11-14H,1,9-10H2,2-5H3,(H,32,33). The lowest BCUT2D eigenvalue weighted by atomic mass is 10.0. The molecule has 0 saturated heterocycles. The summed E-state index contributed by atoms with van der Waals surface area (Å²) in [5, 5.41) is 9.31. The van der Waals surface area contributed by atoms with Crippen LogP contribution in [0.2, 0.25) is 0 Å². The molecular weight excluding hydrogens is 939 g/mol. The number of rotatable bonds is 12. The van der Waals surface area contributed by atoms with E-state index < -0.39 is 73.6 Å². The maximum Gasteiger partial charge on any atom is 0.414 e. The number of pyridine rings is 2. The van der Waals surface area contributed by atoms with Gasteiger partial charge in [-0.1, -0.05) is 37.4 Å². The van der Waals surface area contributed by atoms with Gasteiger partial charge in [0.05, 0.1) is 66.2 Å². The number of anilines is 2. The minimum Gasteiger partial charge on any atom is -0.478 e. The van der Waals surface area contributed by atoms with Crippen LogP contribution in [0, 0.1) is 13.8 Å². The van der Waals surface area contributed by atoms with Crippen molar-refractivity contribution < 1.29 is 64.8 Å². The summed E-state index contributed by atoms with van der Waals surface area (Å²) in [7, 11) is 1.30. The Morgan fingerprint density at radius 2 is 1.03 bits per heavy atom. The minimum atomic E-state index is -4.49. The summed E-state index contributed by atoms with van der Waals surface area (Å²) in [6.45, 7) is 19.4. The van der Waals surface area contributed by atoms with Gasteiger partial charge < -0.3 is 19.3 Å². The number of carbonyl (C=O) groups excluding carboxylic acids is 3. The summed E-state index contributed by atoms with van der Waals surface area (Å²) in [6.07, 6.45) is -3.79. The fraction of sp³-hybridized carbons (Fsp3) is 0.333. The molecule has 2 amide bonds. The molecule has 0 aliphatic carbocycles. The molecule has 4 heterocycles. The number of carbonyl (C=O) groups is 4. The Kier molecular flexibility index (Phi) is 16.2. The number of methoxy groups -OCH3 is 1. The van der Waals surface area contributed by atoms with Crippen molar-refractivity contribution in [3.8, 4) is 22.5 Å². The number of aromatic carboxylic acids is 1. The number of aromatic nitrogens is 4. The van der Waals surface area contributed by atoms with Crippen LogP contribution < -0.4 is 9.80 Å². The first-order valence-electron chi connectivity index (χ1n) is 21.9. The van der Waals surface area contributed by atoms with E-state index in [9.17, 15) is 50.6 Å². The van der Waals surface area contributed by atoms with Crippen LogP contribution in [0.3, 0.4) is 0 Å². The number of hydrogen-bond donors (Lipinski definition) is 1. The van der Waals surface area contributed by atoms with Gasteiger partial charge in [-0.2, -0.15) is 26.3 Å². The second kappa shape index (κ2) is 21.2. The Bertz CT molecular complexity index is 3000. The molecule has 71 heavy (non-hydrogen) atoms. The van der Waals surface area contributed by atoms with E-state index >= 15 is 0 Å². The lowest BCUT2D eigenvalue weighted by molar-refractivity contribution is -0.133. The number of nitrogens with zero attached hydrogens (tertiary/aromatic N) is 6. The van der Waals surface area contributed by atoms with Crippen LogP contribution in [0.1, 0.15) is 97.4 Å². The number of alkyl halides is 6. The molecule has 0 unspecified atom stereocenters. The summed E-state index contributed by atoms with van der Waals surface area (Å²) >= 11 is 0. The average Bonchev–Trinajstić information content (AvgIpc) is 3.89. The van der Waals surface area contributed by atoms with Crippen LogP contribution in [0.15, 0.2) is 86.5 Å². The summed E-state index contributed by atoms with van der Waals surface area (Å²) in [5.74, 6) is -1.52. The highest BCUT2D eigenvalue weighted by molar-refractivity contribution is 5.96. The van der Waals surface area contributed by atoms with Gasteiger partial charge in [-0.05, 0) is 114 Å². The molecule has 4 aromatic heterocycles. The Morgan fingerprint density at radius 1 is 0.648 bits per heavy atom. The highest BCUT2D eigenvalue weighted by atomic mass is 19.4. The number of amides is 2. The number of ether oxygens (including phenoxy) is 3. The molecular formula is C51H54F6N6O8. The van der Waals surface area contributed by atoms with E-state index in [4.69, 9.17) is 14.2 Å². The third-order valence-corrected chi connectivity index (χ3v) is 10.4. The Hall–Kier alpha value is -7.64. The van der Waals surface area contributed by atoms with Crippen molar-refractivity contribution in [2.75, 3.05) is 30.0 Å². The molecule has 6 rings (SSSR count). The van der Waals surface area contributed by atoms with Gasteiger partial charge in [0.1, 0.15) is 11.2 Å². The summed E-state index contributed by atoms with van der Waals surface area (Å²) in [6, 6.07) is 13.0. The summed E-state index contributed by atoms with van der Waals surface area (Å²) < 4.78 is 97.5. The topological polar surface area (TPSA) is 157 Å². The first-order valence-corrected chi connectivity index (χ1v) is 21.9. The van der Waals surface area contributed by atoms with Crippen LogP contribution in [-0.2, 0) is 14.2 Å². The smallest absolute Gasteiger partial charge is 0.414 e. The number of esters is 1. The number of hydrogen-bond acceptors (Lipinski definition) is 9. The molecule has 0 spiro atoms. The Morgan fingerprint density at radius 3 is 1.34 bits per heavy atom. The maximum atomic E-state index is 13.1. The molecule has 0 aliphatic rings. The van der Waals surface area contributed by atoms with E-state index in [0.29, 0.717) is 50.3 Å². The fourth-order valence-corrected chi connectivity index (χ4v) is 7.18. The molecule has 14 nitrogen and oxygen atoms in total. The van der Waals surface area contributed by atoms with Gasteiger partial charge in [-0.25, -0.2) is 29.1 Å². The van der Waals surface area contributed by atoms with E-state index in [0.717, 1.165) is 9.80 Å². The number of aryl methyl sites for hydroxylation is 2. The number of imidazole rings is 2. The number of carboxylic acid groups (broad SMARTS) is 1. The van der Waals surface area contributed by atoms with Crippen LogP contribution in [-0.4, -0.2) is 91.8 Å². The number of carboxylic acids is 1. The number of halogens is 6. The fourth-order valence-electron chi connectivity index (χ4n) is 7.18. The van der Waals surface area contributed by atoms with Crippen molar-refractivity contribution in [2.45, 2.75) is 91.8 Å². The van der Waals surface area contributed by atoms with Crippen LogP contribution in [0.5, 0.6) is 0 Å². The normalized spacial score (nSPS) is 11.9. The van der Waals surface area contributed by atoms with Crippen molar-refractivity contribution in [3.63, 3.8) is 0 Å². The predicted octanol–water partition coefficient (Wildman–Crippen LogP) is 12.8. The van der Waals surface area contributed by atoms with Gasteiger partial charge in [-0.15, -0.1) is 0 Å². The molecule has 0 fully saturated rings. The van der Waals surface area contributed by atoms with Crippen LogP contribution in [0.4, 0.5) is 47.3 Å². The van der Waals surface area contributed by atoms with Gasteiger partial charge in [0.2, 0.25) is 0 Å². The lowest BCUT2D eigenvalue weighted by Gasteiger charge is -2.28. The monoisotopic (exact) mass is 992 g/mol. The van der Waals surface area contributed by atoms with Gasteiger partial charge in [-0.3, -0.25) is 18.6 Å². The minimum absolute atomic E-state index is 0.131. The number of fused-ring (bicyclic) bond motifs is 2. The van der Waals surface area contributed by atoms with Crippen LogP contribution >= 0.6 is 0 Å². The second-order valence-corrected chi connectivity index (χ2v) is 18.3. The predicted molar refractivity (Wildman–Crippen MR) is 258 cm³/mol. The molecule has 6 aromatic rings.